The number of hydrogen-bond donors (Lipinski definition) is 2. The zero-order valence-corrected chi connectivity index (χ0v) is 23.9. The molecule has 2 heterocycles. The first-order valence-electron chi connectivity index (χ1n) is 12.9. The van der Waals surface area contributed by atoms with Crippen molar-refractivity contribution >= 4 is 44.8 Å². The molecule has 0 saturated carbocycles. The molecule has 2 amide bonds. The number of thiazole rings is 2. The first-order chi connectivity index (χ1) is 18.2. The van der Waals surface area contributed by atoms with Crippen molar-refractivity contribution in [1.29, 1.82) is 0 Å². The Balaban J connectivity index is 1.23. The van der Waals surface area contributed by atoms with Crippen LogP contribution in [-0.4, -0.2) is 21.8 Å². The third kappa shape index (κ3) is 8.07. The zero-order valence-electron chi connectivity index (χ0n) is 22.3. The first-order valence-corrected chi connectivity index (χ1v) is 14.7. The number of carbonyl (C=O) groups is 2. The molecular weight excluding hydrogens is 512 g/mol. The summed E-state index contributed by atoms with van der Waals surface area (Å²) in [6.07, 6.45) is 2.23. The third-order valence-electron chi connectivity index (χ3n) is 5.87. The van der Waals surface area contributed by atoms with Gasteiger partial charge >= 0.3 is 0 Å². The number of amides is 2. The maximum atomic E-state index is 12.4. The Hall–Kier alpha value is -3.36. The summed E-state index contributed by atoms with van der Waals surface area (Å²) in [4.78, 5) is 33.9. The summed E-state index contributed by atoms with van der Waals surface area (Å²) in [7, 11) is 0. The highest BCUT2D eigenvalue weighted by Crippen LogP contribution is 2.27. The maximum absolute atomic E-state index is 12.4. The Morgan fingerprint density at radius 3 is 1.37 bits per heavy atom. The van der Waals surface area contributed by atoms with Crippen molar-refractivity contribution in [3.05, 3.63) is 70.4 Å². The van der Waals surface area contributed by atoms with Crippen LogP contribution in [-0.2, 0) is 22.4 Å². The van der Waals surface area contributed by atoms with Crippen molar-refractivity contribution in [2.75, 3.05) is 10.6 Å². The molecule has 38 heavy (non-hydrogen) atoms. The van der Waals surface area contributed by atoms with Crippen LogP contribution in [0.3, 0.4) is 0 Å². The minimum absolute atomic E-state index is 0.0696. The van der Waals surface area contributed by atoms with Crippen molar-refractivity contribution in [3.8, 4) is 22.5 Å². The lowest BCUT2D eigenvalue weighted by Crippen LogP contribution is -2.17. The van der Waals surface area contributed by atoms with Gasteiger partial charge in [-0.3, -0.25) is 9.59 Å². The number of hydrogen-bond acceptors (Lipinski definition) is 6. The highest BCUT2D eigenvalue weighted by molar-refractivity contribution is 7.14. The van der Waals surface area contributed by atoms with E-state index in [1.165, 1.54) is 33.8 Å². The summed E-state index contributed by atoms with van der Waals surface area (Å²) in [6.45, 7) is 8.82. The predicted molar refractivity (Wildman–Crippen MR) is 159 cm³/mol. The number of rotatable bonds is 11. The van der Waals surface area contributed by atoms with Gasteiger partial charge in [0.25, 0.3) is 0 Å². The molecule has 2 N–H and O–H groups in total. The lowest BCUT2D eigenvalue weighted by Gasteiger charge is -2.05. The molecule has 8 heteroatoms. The molecule has 4 rings (SSSR count). The van der Waals surface area contributed by atoms with E-state index in [0.717, 1.165) is 35.4 Å². The summed E-state index contributed by atoms with van der Waals surface area (Å²) in [5.74, 6) is 0.741. The van der Waals surface area contributed by atoms with E-state index in [-0.39, 0.29) is 24.7 Å². The number of anilines is 2. The largest absolute Gasteiger partial charge is 0.302 e. The molecule has 2 aromatic heterocycles. The van der Waals surface area contributed by atoms with Crippen molar-refractivity contribution in [3.63, 3.8) is 0 Å². The lowest BCUT2D eigenvalue weighted by atomic mass is 10.0. The molecule has 0 aliphatic carbocycles. The Labute approximate surface area is 232 Å². The van der Waals surface area contributed by atoms with Crippen molar-refractivity contribution < 1.29 is 9.59 Å². The highest BCUT2D eigenvalue weighted by atomic mass is 32.1. The molecule has 0 spiro atoms. The number of nitrogens with one attached hydrogen (secondary N) is 2. The molecule has 0 fully saturated rings. The van der Waals surface area contributed by atoms with Crippen molar-refractivity contribution in [2.24, 2.45) is 11.8 Å². The van der Waals surface area contributed by atoms with Gasteiger partial charge in [-0.2, -0.15) is 0 Å². The van der Waals surface area contributed by atoms with Crippen LogP contribution in [0.4, 0.5) is 10.3 Å². The van der Waals surface area contributed by atoms with Gasteiger partial charge in [-0.05, 0) is 35.8 Å². The monoisotopic (exact) mass is 546 g/mol. The van der Waals surface area contributed by atoms with Crippen LogP contribution < -0.4 is 10.6 Å². The van der Waals surface area contributed by atoms with E-state index in [1.54, 1.807) is 0 Å². The van der Waals surface area contributed by atoms with Crippen molar-refractivity contribution in [1.82, 2.24) is 9.97 Å². The number of carbonyl (C=O) groups excluding carboxylic acids is 2. The second kappa shape index (κ2) is 12.9. The fourth-order valence-corrected chi connectivity index (χ4v) is 5.56. The minimum Gasteiger partial charge on any atom is -0.302 e. The Bertz CT molecular complexity index is 1250. The van der Waals surface area contributed by atoms with E-state index >= 15 is 0 Å². The second-order valence-electron chi connectivity index (χ2n) is 10.3. The zero-order chi connectivity index (χ0) is 27.1. The molecule has 198 valence electrons. The van der Waals surface area contributed by atoms with Crippen LogP contribution in [0.15, 0.2) is 59.3 Å². The maximum Gasteiger partial charge on any atom is 0.226 e. The minimum atomic E-state index is -0.241. The van der Waals surface area contributed by atoms with Gasteiger partial charge in [0.2, 0.25) is 11.8 Å². The average Bonchev–Trinajstić information content (AvgIpc) is 3.53. The second-order valence-corrected chi connectivity index (χ2v) is 12.0. The summed E-state index contributed by atoms with van der Waals surface area (Å²) in [5.41, 5.74) is 6.29. The molecule has 0 aliphatic rings. The molecule has 6 nitrogen and oxygen atoms in total. The van der Waals surface area contributed by atoms with E-state index in [9.17, 15) is 9.59 Å². The van der Waals surface area contributed by atoms with Gasteiger partial charge in [-0.1, -0.05) is 76.2 Å². The van der Waals surface area contributed by atoms with Gasteiger partial charge in [-0.15, -0.1) is 22.7 Å². The number of nitrogens with zero attached hydrogens (tertiary/aromatic N) is 2. The average molecular weight is 547 g/mol. The fraction of sp³-hybridized carbons (Fsp3) is 0.333. The smallest absolute Gasteiger partial charge is 0.226 e. The molecule has 0 aliphatic heterocycles. The van der Waals surface area contributed by atoms with E-state index in [0.29, 0.717) is 22.1 Å². The Kier molecular flexibility index (Phi) is 9.42. The first kappa shape index (κ1) is 27.7. The van der Waals surface area contributed by atoms with Gasteiger partial charge in [0.1, 0.15) is 0 Å². The number of aromatic nitrogens is 2. The van der Waals surface area contributed by atoms with E-state index in [2.05, 4.69) is 96.8 Å². The molecule has 0 radical (unpaired) electrons. The summed E-state index contributed by atoms with van der Waals surface area (Å²) in [6, 6.07) is 16.8. The van der Waals surface area contributed by atoms with Crippen LogP contribution in [0, 0.1) is 11.8 Å². The van der Waals surface area contributed by atoms with E-state index in [4.69, 9.17) is 0 Å². The van der Waals surface area contributed by atoms with E-state index in [1.807, 2.05) is 10.8 Å². The molecule has 0 saturated heterocycles. The van der Waals surface area contributed by atoms with Gasteiger partial charge in [0, 0.05) is 34.7 Å². The normalized spacial score (nSPS) is 11.2. The van der Waals surface area contributed by atoms with Crippen molar-refractivity contribution in [2.45, 2.75) is 53.4 Å². The molecular formula is C30H34N4O2S2. The molecule has 0 atom stereocenters. The third-order valence-corrected chi connectivity index (χ3v) is 7.38. The fourth-order valence-electron chi connectivity index (χ4n) is 4.08. The quantitative estimate of drug-likeness (QED) is 0.202. The van der Waals surface area contributed by atoms with Crippen LogP contribution in [0.25, 0.3) is 22.5 Å². The standard InChI is InChI=1S/C30H34N4O2S2/c1-19(2)15-21-5-9-23(10-6-21)25-17-37-29(31-25)33-27(35)13-14-28(36)34-30-32-26(18-38-30)24-11-7-22(8-12-24)16-20(3)4/h5-12,17-20H,13-16H2,1-4H3,(H,31,33,35)(H,32,34,36). The lowest BCUT2D eigenvalue weighted by molar-refractivity contribution is -0.121. The van der Waals surface area contributed by atoms with Gasteiger partial charge < -0.3 is 10.6 Å². The molecule has 4 aromatic rings. The molecule has 0 unspecified atom stereocenters. The van der Waals surface area contributed by atoms with Gasteiger partial charge in [-0.25, -0.2) is 9.97 Å². The Morgan fingerprint density at radius 2 is 1.03 bits per heavy atom. The number of benzene rings is 2. The van der Waals surface area contributed by atoms with Gasteiger partial charge in [0.05, 0.1) is 11.4 Å². The summed E-state index contributed by atoms with van der Waals surface area (Å²) in [5, 5.41) is 10.5. The highest BCUT2D eigenvalue weighted by Gasteiger charge is 2.13. The summed E-state index contributed by atoms with van der Waals surface area (Å²) < 4.78 is 0. The SMILES string of the molecule is CC(C)Cc1ccc(-c2csc(NC(=O)CCC(=O)Nc3nc(-c4ccc(CC(C)C)cc4)cs3)n2)cc1. The van der Waals surface area contributed by atoms with Crippen LogP contribution in [0.2, 0.25) is 0 Å². The van der Waals surface area contributed by atoms with Crippen LogP contribution in [0.1, 0.15) is 51.7 Å². The molecule has 0 bridgehead atoms. The van der Waals surface area contributed by atoms with E-state index < -0.39 is 0 Å². The topological polar surface area (TPSA) is 84.0 Å². The van der Waals surface area contributed by atoms with Crippen LogP contribution in [0.5, 0.6) is 0 Å². The Morgan fingerprint density at radius 1 is 0.658 bits per heavy atom. The summed E-state index contributed by atoms with van der Waals surface area (Å²) >= 11 is 2.75. The molecule has 2 aromatic carbocycles. The van der Waals surface area contributed by atoms with Gasteiger partial charge in [0.15, 0.2) is 10.3 Å². The van der Waals surface area contributed by atoms with Crippen LogP contribution >= 0.6 is 22.7 Å². The predicted octanol–water partition coefficient (Wildman–Crippen LogP) is 7.69.